The Morgan fingerprint density at radius 1 is 1.21 bits per heavy atom. The average Bonchev–Trinajstić information content (AvgIpc) is 2.98. The van der Waals surface area contributed by atoms with E-state index in [1.807, 2.05) is 37.3 Å². The van der Waals surface area contributed by atoms with Crippen LogP contribution in [0.1, 0.15) is 31.5 Å². The molecule has 1 fully saturated rings. The Balaban J connectivity index is 1.60. The van der Waals surface area contributed by atoms with Crippen LogP contribution in [0.25, 0.3) is 11.8 Å². The Bertz CT molecular complexity index is 898. The third kappa shape index (κ3) is 5.26. The standard InChI is InChI=1S/C22H26ClN3O3/c1-15-11-16(2)13-25(12-15)20(27)14-29-21(28)10-9-19-17(3)24-26(22(19)23)18-7-5-4-6-8-18/h4-10,15-16H,11-14H2,1-3H3/b10-9+/t15-,16-/m1/s1. The van der Waals surface area contributed by atoms with Crippen molar-refractivity contribution in [3.63, 3.8) is 0 Å². The van der Waals surface area contributed by atoms with Gasteiger partial charge in [-0.1, -0.05) is 43.6 Å². The highest BCUT2D eigenvalue weighted by molar-refractivity contribution is 6.31. The van der Waals surface area contributed by atoms with Crippen molar-refractivity contribution in [3.8, 4) is 5.69 Å². The van der Waals surface area contributed by atoms with Crippen molar-refractivity contribution in [1.29, 1.82) is 0 Å². The number of benzene rings is 1. The molecule has 29 heavy (non-hydrogen) atoms. The van der Waals surface area contributed by atoms with Gasteiger partial charge in [0.1, 0.15) is 5.15 Å². The van der Waals surface area contributed by atoms with Crippen LogP contribution >= 0.6 is 11.6 Å². The first-order valence-electron chi connectivity index (χ1n) is 9.78. The molecule has 1 aliphatic rings. The van der Waals surface area contributed by atoms with E-state index in [0.717, 1.165) is 12.1 Å². The lowest BCUT2D eigenvalue weighted by atomic mass is 9.92. The highest BCUT2D eigenvalue weighted by Gasteiger charge is 2.25. The quantitative estimate of drug-likeness (QED) is 0.548. The van der Waals surface area contributed by atoms with Gasteiger partial charge in [-0.25, -0.2) is 9.48 Å². The fraction of sp³-hybridized carbons (Fsp3) is 0.409. The van der Waals surface area contributed by atoms with Crippen molar-refractivity contribution in [2.24, 2.45) is 11.8 Å². The number of hydrogen-bond donors (Lipinski definition) is 0. The third-order valence-electron chi connectivity index (χ3n) is 4.99. The summed E-state index contributed by atoms with van der Waals surface area (Å²) in [4.78, 5) is 26.2. The molecule has 1 aromatic carbocycles. The van der Waals surface area contributed by atoms with E-state index >= 15 is 0 Å². The number of nitrogens with zero attached hydrogens (tertiary/aromatic N) is 3. The zero-order valence-electron chi connectivity index (χ0n) is 17.0. The first-order chi connectivity index (χ1) is 13.8. The Hall–Kier alpha value is -2.60. The average molecular weight is 416 g/mol. The first kappa shape index (κ1) is 21.1. The lowest BCUT2D eigenvalue weighted by molar-refractivity contribution is -0.149. The van der Waals surface area contributed by atoms with E-state index < -0.39 is 5.97 Å². The second-order valence-electron chi connectivity index (χ2n) is 7.72. The molecule has 2 aromatic rings. The van der Waals surface area contributed by atoms with Gasteiger partial charge < -0.3 is 9.64 Å². The number of esters is 1. The van der Waals surface area contributed by atoms with E-state index in [1.54, 1.807) is 15.7 Å². The van der Waals surface area contributed by atoms with E-state index in [4.69, 9.17) is 16.3 Å². The molecule has 6 nitrogen and oxygen atoms in total. The van der Waals surface area contributed by atoms with Crippen LogP contribution in [-0.2, 0) is 14.3 Å². The van der Waals surface area contributed by atoms with Crippen molar-refractivity contribution >= 4 is 29.6 Å². The van der Waals surface area contributed by atoms with Gasteiger partial charge in [0.2, 0.25) is 0 Å². The molecule has 0 radical (unpaired) electrons. The number of likely N-dealkylation sites (tertiary alicyclic amines) is 1. The van der Waals surface area contributed by atoms with Gasteiger partial charge in [0, 0.05) is 24.7 Å². The molecule has 0 unspecified atom stereocenters. The summed E-state index contributed by atoms with van der Waals surface area (Å²) >= 11 is 6.44. The largest absolute Gasteiger partial charge is 0.452 e. The fourth-order valence-corrected chi connectivity index (χ4v) is 4.07. The van der Waals surface area contributed by atoms with E-state index in [1.165, 1.54) is 6.08 Å². The van der Waals surface area contributed by atoms with Crippen LogP contribution in [0.3, 0.4) is 0 Å². The van der Waals surface area contributed by atoms with Crippen molar-refractivity contribution < 1.29 is 14.3 Å². The smallest absolute Gasteiger partial charge is 0.331 e. The van der Waals surface area contributed by atoms with Crippen molar-refractivity contribution in [3.05, 3.63) is 52.8 Å². The van der Waals surface area contributed by atoms with Crippen LogP contribution in [0.15, 0.2) is 36.4 Å². The molecular weight excluding hydrogens is 390 g/mol. The predicted octanol–water partition coefficient (Wildman–Crippen LogP) is 3.90. The van der Waals surface area contributed by atoms with Gasteiger partial charge in [0.05, 0.1) is 11.4 Å². The molecule has 1 amide bonds. The topological polar surface area (TPSA) is 64.4 Å². The van der Waals surface area contributed by atoms with Crippen molar-refractivity contribution in [2.75, 3.05) is 19.7 Å². The normalized spacial score (nSPS) is 19.5. The molecular formula is C22H26ClN3O3. The number of halogens is 1. The van der Waals surface area contributed by atoms with Crippen LogP contribution in [0.5, 0.6) is 0 Å². The van der Waals surface area contributed by atoms with Crippen LogP contribution in [0.4, 0.5) is 0 Å². The number of piperidine rings is 1. The predicted molar refractivity (Wildman–Crippen MR) is 113 cm³/mol. The molecule has 1 aliphatic heterocycles. The first-order valence-corrected chi connectivity index (χ1v) is 10.2. The van der Waals surface area contributed by atoms with Crippen molar-refractivity contribution in [2.45, 2.75) is 27.2 Å². The van der Waals surface area contributed by atoms with Gasteiger partial charge >= 0.3 is 5.97 Å². The van der Waals surface area contributed by atoms with Crippen LogP contribution in [0, 0.1) is 18.8 Å². The molecule has 2 heterocycles. The summed E-state index contributed by atoms with van der Waals surface area (Å²) in [5.41, 5.74) is 2.16. The van der Waals surface area contributed by atoms with Crippen molar-refractivity contribution in [1.82, 2.24) is 14.7 Å². The zero-order chi connectivity index (χ0) is 21.0. The number of para-hydroxylation sites is 1. The maximum absolute atomic E-state index is 12.3. The summed E-state index contributed by atoms with van der Waals surface area (Å²) in [5.74, 6) is 0.185. The number of carbonyl (C=O) groups excluding carboxylic acids is 2. The number of rotatable bonds is 5. The third-order valence-corrected chi connectivity index (χ3v) is 5.36. The Labute approximate surface area is 176 Å². The molecule has 0 bridgehead atoms. The Kier molecular flexibility index (Phi) is 6.75. The molecule has 0 N–H and O–H groups in total. The van der Waals surface area contributed by atoms with Crippen LogP contribution in [-0.4, -0.2) is 46.3 Å². The Morgan fingerprint density at radius 2 is 1.86 bits per heavy atom. The molecule has 2 atom stereocenters. The van der Waals surface area contributed by atoms with E-state index in [-0.39, 0.29) is 12.5 Å². The molecule has 0 spiro atoms. The van der Waals surface area contributed by atoms with Gasteiger partial charge in [-0.2, -0.15) is 5.10 Å². The Morgan fingerprint density at radius 3 is 2.52 bits per heavy atom. The molecule has 3 rings (SSSR count). The van der Waals surface area contributed by atoms with Gasteiger partial charge in [0.25, 0.3) is 5.91 Å². The van der Waals surface area contributed by atoms with Gasteiger partial charge in [0.15, 0.2) is 6.61 Å². The minimum Gasteiger partial charge on any atom is -0.452 e. The number of carbonyl (C=O) groups is 2. The summed E-state index contributed by atoms with van der Waals surface area (Å²) in [6.45, 7) is 7.25. The highest BCUT2D eigenvalue weighted by Crippen LogP contribution is 2.25. The molecule has 154 valence electrons. The summed E-state index contributed by atoms with van der Waals surface area (Å²) < 4.78 is 6.75. The molecule has 0 aliphatic carbocycles. The van der Waals surface area contributed by atoms with Crippen LogP contribution < -0.4 is 0 Å². The molecule has 1 saturated heterocycles. The number of amides is 1. The summed E-state index contributed by atoms with van der Waals surface area (Å²) in [5, 5.41) is 4.84. The molecule has 1 aromatic heterocycles. The minimum atomic E-state index is -0.584. The number of aromatic nitrogens is 2. The van der Waals surface area contributed by atoms with E-state index in [0.29, 0.717) is 41.3 Å². The summed E-state index contributed by atoms with van der Waals surface area (Å²) in [7, 11) is 0. The SMILES string of the molecule is Cc1nn(-c2ccccc2)c(Cl)c1/C=C/C(=O)OCC(=O)N1C[C@H](C)C[C@@H](C)C1. The molecule has 0 saturated carbocycles. The maximum atomic E-state index is 12.3. The van der Waals surface area contributed by atoms with Gasteiger partial charge in [-0.3, -0.25) is 4.79 Å². The lowest BCUT2D eigenvalue weighted by Gasteiger charge is -2.34. The summed E-state index contributed by atoms with van der Waals surface area (Å²) in [6.07, 6.45) is 3.96. The second-order valence-corrected chi connectivity index (χ2v) is 8.08. The van der Waals surface area contributed by atoms with Gasteiger partial charge in [-0.15, -0.1) is 0 Å². The van der Waals surface area contributed by atoms with E-state index in [9.17, 15) is 9.59 Å². The lowest BCUT2D eigenvalue weighted by Crippen LogP contribution is -2.44. The number of hydrogen-bond acceptors (Lipinski definition) is 4. The highest BCUT2D eigenvalue weighted by atomic mass is 35.5. The molecule has 7 heteroatoms. The van der Waals surface area contributed by atoms with E-state index in [2.05, 4.69) is 18.9 Å². The van der Waals surface area contributed by atoms with Gasteiger partial charge in [-0.05, 0) is 43.4 Å². The number of aryl methyl sites for hydroxylation is 1. The second kappa shape index (κ2) is 9.27. The maximum Gasteiger partial charge on any atom is 0.331 e. The number of ether oxygens (including phenoxy) is 1. The van der Waals surface area contributed by atoms with Crippen LogP contribution in [0.2, 0.25) is 5.15 Å². The fourth-order valence-electron chi connectivity index (χ4n) is 3.73. The minimum absolute atomic E-state index is 0.156. The zero-order valence-corrected chi connectivity index (χ0v) is 17.7. The summed E-state index contributed by atoms with van der Waals surface area (Å²) in [6, 6.07) is 9.51. The monoisotopic (exact) mass is 415 g/mol.